The zero-order valence-corrected chi connectivity index (χ0v) is 39.0. The van der Waals surface area contributed by atoms with Gasteiger partial charge in [-0.25, -0.2) is 0 Å². The summed E-state index contributed by atoms with van der Waals surface area (Å²) in [6, 6.07) is 42.6. The van der Waals surface area contributed by atoms with E-state index in [1.807, 2.05) is 36.0 Å². The normalized spacial score (nSPS) is 15.5. The summed E-state index contributed by atoms with van der Waals surface area (Å²) >= 11 is 14.4. The number of likely N-dealkylation sites (tertiary alicyclic amines) is 2. The molecule has 6 aromatic carbocycles. The molecular formula is C46H47CuI2N6S2. The van der Waals surface area contributed by atoms with Crippen molar-refractivity contribution in [3.63, 3.8) is 0 Å². The monoisotopic (exact) mass is 1060 g/mol. The molecule has 2 fully saturated rings. The third-order valence-electron chi connectivity index (χ3n) is 11.1. The van der Waals surface area contributed by atoms with Crippen LogP contribution >= 0.6 is 67.3 Å². The number of aromatic nitrogens is 4. The summed E-state index contributed by atoms with van der Waals surface area (Å²) in [5.74, 6) is 1.23. The van der Waals surface area contributed by atoms with E-state index in [1.54, 1.807) is 20.3 Å². The van der Waals surface area contributed by atoms with Crippen LogP contribution in [0.25, 0.3) is 43.4 Å². The van der Waals surface area contributed by atoms with E-state index in [9.17, 15) is 0 Å². The van der Waals surface area contributed by atoms with Crippen molar-refractivity contribution >= 4 is 111 Å². The number of halogens is 2. The number of fused-ring (bicyclic) bond motifs is 4. The molecule has 0 amide bonds. The summed E-state index contributed by atoms with van der Waals surface area (Å²) in [5.41, 5.74) is 4.83. The van der Waals surface area contributed by atoms with Gasteiger partial charge in [-0.15, -0.1) is 12.6 Å². The molecule has 4 heterocycles. The minimum atomic E-state index is 0.587. The van der Waals surface area contributed by atoms with Crippen molar-refractivity contribution < 1.29 is 12.8 Å². The van der Waals surface area contributed by atoms with E-state index in [-0.39, 0.29) is 0 Å². The van der Waals surface area contributed by atoms with Crippen molar-refractivity contribution in [3.8, 4) is 0 Å². The van der Waals surface area contributed by atoms with Gasteiger partial charge in [0.1, 0.15) is 0 Å². The number of benzene rings is 6. The number of piperidine rings is 2. The molecule has 0 saturated carbocycles. The third-order valence-corrected chi connectivity index (χ3v) is 13.2. The zero-order valence-electron chi connectivity index (χ0n) is 32.1. The van der Waals surface area contributed by atoms with Gasteiger partial charge < -0.3 is 9.80 Å². The van der Waals surface area contributed by atoms with Gasteiger partial charge in [0.05, 0.1) is 11.0 Å². The second-order valence-corrected chi connectivity index (χ2v) is 17.7. The Balaban J connectivity index is 0.000000141. The summed E-state index contributed by atoms with van der Waals surface area (Å²) in [6.07, 6.45) is 4.88. The van der Waals surface area contributed by atoms with Crippen LogP contribution in [0.3, 0.4) is 0 Å². The number of hydrogen-bond acceptors (Lipinski definition) is 6. The van der Waals surface area contributed by atoms with E-state index in [2.05, 4.69) is 189 Å². The van der Waals surface area contributed by atoms with Crippen LogP contribution in [0.15, 0.2) is 136 Å². The van der Waals surface area contributed by atoms with Crippen molar-refractivity contribution in [3.05, 3.63) is 136 Å². The molecule has 0 bridgehead atoms. The second kappa shape index (κ2) is 20.6. The van der Waals surface area contributed by atoms with E-state index in [0.717, 1.165) is 29.0 Å². The fourth-order valence-electron chi connectivity index (χ4n) is 7.91. The Labute approximate surface area is 378 Å². The maximum atomic E-state index is 4.56. The van der Waals surface area contributed by atoms with Crippen molar-refractivity contribution in [1.82, 2.24) is 30.2 Å². The molecule has 11 heteroatoms. The van der Waals surface area contributed by atoms with E-state index >= 15 is 0 Å². The number of rotatable bonds is 4. The standard InChI is InChI=1S/C23H23N3S.C13H16IN3.C10H8S.Cu.HI/c1-26-13-11-17(12-14-26)23-20-15-18(9-10-21(20)24-25-23)27-22-8-4-6-16-5-2-3-7-19(16)22;1-17-6-4-9(5-7-17)13-11-8-10(14)2-3-12(11)15-16-13;11-10-7-3-5-8-4-1-2-6-9(8)10;;/h2-10,15,17H,11-14H2,1H3,(H,24,25);2-3,8-9H,4-7H2,1H3,(H,15,16);1-7,11H;;1H/q;;;+1;/p-1. The average molecular weight is 1070 g/mol. The number of nitrogens with one attached hydrogen (secondary N) is 2. The van der Waals surface area contributed by atoms with E-state index in [1.165, 1.54) is 95.8 Å². The van der Waals surface area contributed by atoms with Gasteiger partial charge in [0.2, 0.25) is 0 Å². The molecule has 0 aliphatic carbocycles. The van der Waals surface area contributed by atoms with Crippen molar-refractivity contribution in [2.24, 2.45) is 0 Å². The second-order valence-electron chi connectivity index (χ2n) is 14.8. The molecule has 6 nitrogen and oxygen atoms in total. The fourth-order valence-corrected chi connectivity index (χ4v) is 9.70. The first kappa shape index (κ1) is 42.5. The first-order chi connectivity index (χ1) is 27.9. The van der Waals surface area contributed by atoms with Crippen LogP contribution < -0.4 is 0 Å². The average Bonchev–Trinajstić information content (AvgIpc) is 3.87. The van der Waals surface area contributed by atoms with Crippen LogP contribution in [0.1, 0.15) is 48.9 Å². The van der Waals surface area contributed by atoms with Gasteiger partial charge in [-0.3, -0.25) is 10.2 Å². The molecule has 0 atom stereocenters. The maximum absolute atomic E-state index is 4.56. The molecule has 2 aromatic heterocycles. The Morgan fingerprint density at radius 1 is 0.596 bits per heavy atom. The van der Waals surface area contributed by atoms with E-state index < -0.39 is 0 Å². The predicted molar refractivity (Wildman–Crippen MR) is 257 cm³/mol. The van der Waals surface area contributed by atoms with Gasteiger partial charge in [0.15, 0.2) is 0 Å². The first-order valence-electron chi connectivity index (χ1n) is 19.3. The van der Waals surface area contributed by atoms with Gasteiger partial charge >= 0.3 is 33.1 Å². The van der Waals surface area contributed by atoms with E-state index in [0.29, 0.717) is 11.8 Å². The van der Waals surface area contributed by atoms with Crippen LogP contribution in [0, 0.1) is 3.57 Å². The molecule has 10 rings (SSSR count). The Morgan fingerprint density at radius 3 is 1.68 bits per heavy atom. The molecule has 8 aromatic rings. The van der Waals surface area contributed by atoms with Crippen LogP contribution in [-0.4, -0.2) is 70.5 Å². The number of nitrogens with zero attached hydrogens (tertiary/aromatic N) is 4. The van der Waals surface area contributed by atoms with Crippen LogP contribution in [-0.2, 0) is 12.8 Å². The van der Waals surface area contributed by atoms with Crippen LogP contribution in [0.5, 0.6) is 0 Å². The van der Waals surface area contributed by atoms with Gasteiger partial charge in [-0.1, -0.05) is 84.6 Å². The Kier molecular flexibility index (Phi) is 15.3. The predicted octanol–water partition coefficient (Wildman–Crippen LogP) is 12.7. The summed E-state index contributed by atoms with van der Waals surface area (Å²) < 4.78 is 1.28. The summed E-state index contributed by atoms with van der Waals surface area (Å²) in [4.78, 5) is 8.43. The van der Waals surface area contributed by atoms with Gasteiger partial charge in [0.25, 0.3) is 0 Å². The molecule has 0 spiro atoms. The van der Waals surface area contributed by atoms with Gasteiger partial charge in [0, 0.05) is 52.3 Å². The minimum absolute atomic E-state index is 0.587. The van der Waals surface area contributed by atoms with Crippen LogP contribution in [0.2, 0.25) is 0 Å². The molecule has 2 saturated heterocycles. The molecule has 0 unspecified atom stereocenters. The topological polar surface area (TPSA) is 63.8 Å². The molecule has 2 aliphatic rings. The third kappa shape index (κ3) is 10.6. The molecule has 298 valence electrons. The molecule has 2 N–H and O–H groups in total. The Morgan fingerprint density at radius 2 is 1.09 bits per heavy atom. The van der Waals surface area contributed by atoms with Gasteiger partial charge in [-0.2, -0.15) is 10.2 Å². The summed E-state index contributed by atoms with van der Waals surface area (Å²) in [7, 11) is 4.41. The molecule has 2 aliphatic heterocycles. The zero-order chi connectivity index (χ0) is 39.7. The SMILES string of the molecule is CN1CCC(c2[nH]nc3ccc(I)cc23)CC1.CN1CCC(c2[nH]nc3ccc(Sc4cccc5ccccc45)cc23)CC1.Sc1cccc2ccccc12.[Cu][I]. The quantitative estimate of drug-likeness (QED) is 0.0931. The molecular weight excluding hydrogens is 1020 g/mol. The fraction of sp³-hybridized carbons (Fsp3) is 0.261. The molecule has 57 heavy (non-hydrogen) atoms. The number of H-pyrrole nitrogens is 2. The Hall–Kier alpha value is -2.62. The first-order valence-corrected chi connectivity index (χ1v) is 24.7. The Bertz CT molecular complexity index is 2530. The van der Waals surface area contributed by atoms with Crippen molar-refractivity contribution in [2.45, 2.75) is 52.2 Å². The van der Waals surface area contributed by atoms with E-state index in [4.69, 9.17) is 0 Å². The number of aromatic amines is 2. The molecule has 0 radical (unpaired) electrons. The van der Waals surface area contributed by atoms with Crippen molar-refractivity contribution in [2.75, 3.05) is 40.3 Å². The van der Waals surface area contributed by atoms with Crippen LogP contribution in [0.4, 0.5) is 0 Å². The van der Waals surface area contributed by atoms with Gasteiger partial charge in [-0.05, 0) is 159 Å². The summed E-state index contributed by atoms with van der Waals surface area (Å²) in [5, 5.41) is 23.2. The summed E-state index contributed by atoms with van der Waals surface area (Å²) in [6.45, 7) is 4.70. The van der Waals surface area contributed by atoms with Crippen molar-refractivity contribution in [1.29, 1.82) is 0 Å². The number of hydrogen-bond donors (Lipinski definition) is 3. The number of thiol groups is 1.